The van der Waals surface area contributed by atoms with Crippen molar-refractivity contribution in [2.45, 2.75) is 12.5 Å². The van der Waals surface area contributed by atoms with E-state index in [0.29, 0.717) is 22.2 Å². The quantitative estimate of drug-likeness (QED) is 0.611. The summed E-state index contributed by atoms with van der Waals surface area (Å²) < 4.78 is 0. The average molecular weight is 436 g/mol. The number of fused-ring (bicyclic) bond motifs is 1. The van der Waals surface area contributed by atoms with Gasteiger partial charge in [0.25, 0.3) is 5.91 Å². The molecule has 1 saturated heterocycles. The Bertz CT molecular complexity index is 972. The average Bonchev–Trinajstić information content (AvgIpc) is 2.67. The molecule has 0 unspecified atom stereocenters. The smallest absolute Gasteiger partial charge is 0.254 e. The number of hydrogen-bond donors (Lipinski definition) is 1. The van der Waals surface area contributed by atoms with E-state index in [2.05, 4.69) is 35.6 Å². The van der Waals surface area contributed by atoms with Crippen LogP contribution in [0.15, 0.2) is 60.7 Å². The van der Waals surface area contributed by atoms with E-state index in [4.69, 9.17) is 23.2 Å². The van der Waals surface area contributed by atoms with Crippen molar-refractivity contribution in [3.63, 3.8) is 0 Å². The van der Waals surface area contributed by atoms with Crippen molar-refractivity contribution in [2.75, 3.05) is 19.6 Å². The molecule has 1 N–H and O–H groups in total. The van der Waals surface area contributed by atoms with Crippen LogP contribution in [0.1, 0.15) is 15.9 Å². The van der Waals surface area contributed by atoms with Gasteiger partial charge in [0, 0.05) is 41.3 Å². The summed E-state index contributed by atoms with van der Waals surface area (Å²) in [5, 5.41) is 6.81. The predicted molar refractivity (Wildman–Crippen MR) is 119 cm³/mol. The van der Waals surface area contributed by atoms with E-state index >= 15 is 0 Å². The number of halogens is 3. The van der Waals surface area contributed by atoms with E-state index in [0.717, 1.165) is 19.5 Å². The molecule has 1 atom stereocenters. The lowest BCUT2D eigenvalue weighted by Gasteiger charge is -2.36. The highest BCUT2D eigenvalue weighted by molar-refractivity contribution is 6.35. The first-order valence-corrected chi connectivity index (χ1v) is 9.81. The summed E-state index contributed by atoms with van der Waals surface area (Å²) in [7, 11) is 0. The lowest BCUT2D eigenvalue weighted by atomic mass is 9.99. The number of benzene rings is 3. The summed E-state index contributed by atoms with van der Waals surface area (Å²) in [5.74, 6) is -0.0216. The van der Waals surface area contributed by atoms with E-state index in [1.807, 2.05) is 17.0 Å². The van der Waals surface area contributed by atoms with Crippen molar-refractivity contribution in [3.05, 3.63) is 81.8 Å². The maximum Gasteiger partial charge on any atom is 0.254 e. The normalized spacial score (nSPS) is 16.6. The van der Waals surface area contributed by atoms with Crippen molar-refractivity contribution in [1.29, 1.82) is 0 Å². The van der Waals surface area contributed by atoms with Crippen LogP contribution in [0, 0.1) is 0 Å². The second-order valence-corrected chi connectivity index (χ2v) is 7.77. The number of hydrogen-bond acceptors (Lipinski definition) is 2. The molecule has 3 nitrogen and oxygen atoms in total. The number of carbonyl (C=O) groups excluding carboxylic acids is 1. The number of amides is 1. The zero-order valence-corrected chi connectivity index (χ0v) is 17.5. The van der Waals surface area contributed by atoms with E-state index in [1.54, 1.807) is 18.2 Å². The van der Waals surface area contributed by atoms with Crippen LogP contribution in [-0.2, 0) is 6.42 Å². The van der Waals surface area contributed by atoms with Crippen LogP contribution < -0.4 is 5.32 Å². The van der Waals surface area contributed by atoms with Crippen molar-refractivity contribution >= 4 is 52.3 Å². The Labute approximate surface area is 181 Å². The van der Waals surface area contributed by atoms with Crippen LogP contribution in [0.4, 0.5) is 0 Å². The molecule has 3 aromatic carbocycles. The van der Waals surface area contributed by atoms with Crippen molar-refractivity contribution < 1.29 is 4.79 Å². The van der Waals surface area contributed by atoms with Gasteiger partial charge in [-0.1, -0.05) is 65.7 Å². The summed E-state index contributed by atoms with van der Waals surface area (Å²) in [6.07, 6.45) is 0.803. The zero-order chi connectivity index (χ0) is 18.8. The molecule has 0 saturated carbocycles. The molecule has 1 fully saturated rings. The Hall–Kier alpha value is -1.78. The maximum atomic E-state index is 13.1. The first-order chi connectivity index (χ1) is 13.1. The van der Waals surface area contributed by atoms with E-state index in [-0.39, 0.29) is 24.4 Å². The fraction of sp³-hybridized carbons (Fsp3) is 0.227. The summed E-state index contributed by atoms with van der Waals surface area (Å²) in [6.45, 7) is 2.22. The van der Waals surface area contributed by atoms with Gasteiger partial charge in [0.1, 0.15) is 0 Å². The largest absolute Gasteiger partial charge is 0.333 e. The van der Waals surface area contributed by atoms with E-state index < -0.39 is 0 Å². The second kappa shape index (κ2) is 9.15. The number of nitrogens with zero attached hydrogens (tertiary/aromatic N) is 1. The second-order valence-electron chi connectivity index (χ2n) is 6.90. The van der Waals surface area contributed by atoms with Gasteiger partial charge in [-0.15, -0.1) is 12.4 Å². The minimum Gasteiger partial charge on any atom is -0.333 e. The molecule has 1 amide bonds. The highest BCUT2D eigenvalue weighted by Gasteiger charge is 2.28. The molecular weight excluding hydrogens is 415 g/mol. The fourth-order valence-corrected chi connectivity index (χ4v) is 4.22. The molecule has 3 aromatic rings. The Balaban J connectivity index is 0.00000225. The Morgan fingerprint density at radius 3 is 2.46 bits per heavy atom. The van der Waals surface area contributed by atoms with Crippen LogP contribution in [0.5, 0.6) is 0 Å². The topological polar surface area (TPSA) is 32.3 Å². The van der Waals surface area contributed by atoms with Gasteiger partial charge in [-0.3, -0.25) is 4.79 Å². The van der Waals surface area contributed by atoms with E-state index in [9.17, 15) is 4.79 Å². The van der Waals surface area contributed by atoms with Crippen LogP contribution in [0.25, 0.3) is 10.8 Å². The van der Waals surface area contributed by atoms with Crippen molar-refractivity contribution in [2.24, 2.45) is 0 Å². The summed E-state index contributed by atoms with van der Waals surface area (Å²) in [4.78, 5) is 15.0. The van der Waals surface area contributed by atoms with Crippen LogP contribution >= 0.6 is 35.6 Å². The van der Waals surface area contributed by atoms with Gasteiger partial charge in [-0.25, -0.2) is 0 Å². The van der Waals surface area contributed by atoms with Crippen LogP contribution in [0.3, 0.4) is 0 Å². The molecule has 6 heteroatoms. The van der Waals surface area contributed by atoms with Gasteiger partial charge in [-0.05, 0) is 41.0 Å². The maximum absolute atomic E-state index is 13.1. The van der Waals surface area contributed by atoms with Gasteiger partial charge in [-0.2, -0.15) is 0 Å². The molecule has 1 aliphatic rings. The summed E-state index contributed by atoms with van der Waals surface area (Å²) in [5.41, 5.74) is 1.77. The molecule has 0 spiro atoms. The molecule has 28 heavy (non-hydrogen) atoms. The van der Waals surface area contributed by atoms with E-state index in [1.165, 1.54) is 16.3 Å². The number of piperazine rings is 1. The fourth-order valence-electron chi connectivity index (χ4n) is 3.69. The SMILES string of the molecule is Cl.O=C(c1cc(Cl)cc(Cl)c1)N1CCNC[C@H]1Cc1ccc2ccccc2c1. The van der Waals surface area contributed by atoms with Gasteiger partial charge in [0.05, 0.1) is 0 Å². The van der Waals surface area contributed by atoms with Crippen LogP contribution in [0.2, 0.25) is 10.0 Å². The highest BCUT2D eigenvalue weighted by atomic mass is 35.5. The lowest BCUT2D eigenvalue weighted by molar-refractivity contribution is 0.0636. The standard InChI is InChI=1S/C22H20Cl2N2O.ClH/c23-19-11-18(12-20(24)13-19)22(27)26-8-7-25-14-21(26)10-15-5-6-16-3-1-2-4-17(16)9-15;/h1-6,9,11-13,21,25H,7-8,10,14H2;1H/t21-;/m1./s1. The van der Waals surface area contributed by atoms with Gasteiger partial charge in [0.2, 0.25) is 0 Å². The highest BCUT2D eigenvalue weighted by Crippen LogP contribution is 2.23. The number of carbonyl (C=O) groups is 1. The first kappa shape index (κ1) is 20.9. The summed E-state index contributed by atoms with van der Waals surface area (Å²) in [6, 6.07) is 19.9. The molecule has 0 bridgehead atoms. The Morgan fingerprint density at radius 1 is 1.00 bits per heavy atom. The molecule has 1 aliphatic heterocycles. The molecule has 4 rings (SSSR count). The monoisotopic (exact) mass is 434 g/mol. The molecule has 0 radical (unpaired) electrons. The zero-order valence-electron chi connectivity index (χ0n) is 15.2. The van der Waals surface area contributed by atoms with Crippen molar-refractivity contribution in [3.8, 4) is 0 Å². The van der Waals surface area contributed by atoms with Crippen molar-refractivity contribution in [1.82, 2.24) is 10.2 Å². The molecule has 146 valence electrons. The van der Waals surface area contributed by atoms with Gasteiger partial charge < -0.3 is 10.2 Å². The molecule has 0 aliphatic carbocycles. The molecule has 0 aromatic heterocycles. The Kier molecular flexibility index (Phi) is 6.84. The van der Waals surface area contributed by atoms with Crippen LogP contribution in [-0.4, -0.2) is 36.5 Å². The third-order valence-electron chi connectivity index (χ3n) is 5.01. The van der Waals surface area contributed by atoms with Gasteiger partial charge in [0.15, 0.2) is 0 Å². The predicted octanol–water partition coefficient (Wildman–Crippen LogP) is 5.23. The number of rotatable bonds is 3. The number of nitrogens with one attached hydrogen (secondary N) is 1. The first-order valence-electron chi connectivity index (χ1n) is 9.05. The summed E-state index contributed by atoms with van der Waals surface area (Å²) >= 11 is 12.2. The third kappa shape index (κ3) is 4.61. The molecule has 1 heterocycles. The Morgan fingerprint density at radius 2 is 1.71 bits per heavy atom. The molecular formula is C22H21Cl3N2O. The minimum atomic E-state index is -0.0216. The minimum absolute atomic E-state index is 0. The lowest BCUT2D eigenvalue weighted by Crippen LogP contribution is -2.54. The third-order valence-corrected chi connectivity index (χ3v) is 5.44. The van der Waals surface area contributed by atoms with Gasteiger partial charge >= 0.3 is 0 Å².